The van der Waals surface area contributed by atoms with E-state index >= 15 is 0 Å². The summed E-state index contributed by atoms with van der Waals surface area (Å²) in [4.78, 5) is 38.5. The van der Waals surface area contributed by atoms with E-state index in [1.807, 2.05) is 0 Å². The van der Waals surface area contributed by atoms with Gasteiger partial charge in [0.05, 0.1) is 22.8 Å². The lowest BCUT2D eigenvalue weighted by molar-refractivity contribution is -0.116. The molecule has 0 saturated heterocycles. The standard InChI is InChI=1S/C21H14ClF2N3O3S/c22-14-9-13(23)5-6-16(14)25-18(28)11-26-17-7-8-31-19(17)20(29)27(21(26)30)10-12-3-1-2-4-15(12)24/h1-9H,10-11H2,(H,25,28). The molecule has 0 aliphatic heterocycles. The van der Waals surface area contributed by atoms with E-state index in [-0.39, 0.29) is 27.5 Å². The minimum absolute atomic E-state index is 0.00546. The number of nitrogens with one attached hydrogen (secondary N) is 1. The van der Waals surface area contributed by atoms with Gasteiger partial charge in [-0.1, -0.05) is 29.8 Å². The third kappa shape index (κ3) is 4.14. The first kappa shape index (κ1) is 21.0. The van der Waals surface area contributed by atoms with Crippen molar-refractivity contribution in [3.05, 3.63) is 97.0 Å². The molecule has 10 heteroatoms. The molecule has 0 unspecified atom stereocenters. The van der Waals surface area contributed by atoms with Crippen LogP contribution in [0.25, 0.3) is 10.2 Å². The quantitative estimate of drug-likeness (QED) is 0.490. The maximum Gasteiger partial charge on any atom is 0.332 e. The van der Waals surface area contributed by atoms with Crippen LogP contribution < -0.4 is 16.6 Å². The lowest BCUT2D eigenvalue weighted by Crippen LogP contribution is -2.41. The summed E-state index contributed by atoms with van der Waals surface area (Å²) in [5.74, 6) is -1.70. The number of nitrogens with zero attached hydrogens (tertiary/aromatic N) is 2. The second kappa shape index (κ2) is 8.44. The van der Waals surface area contributed by atoms with E-state index in [2.05, 4.69) is 5.32 Å². The van der Waals surface area contributed by atoms with Crippen molar-refractivity contribution in [2.75, 3.05) is 5.32 Å². The van der Waals surface area contributed by atoms with E-state index in [0.29, 0.717) is 5.52 Å². The molecular formula is C21H14ClF2N3O3S. The summed E-state index contributed by atoms with van der Waals surface area (Å²) in [6.07, 6.45) is 0. The maximum absolute atomic E-state index is 14.1. The van der Waals surface area contributed by atoms with E-state index in [1.54, 1.807) is 17.5 Å². The highest BCUT2D eigenvalue weighted by Gasteiger charge is 2.18. The van der Waals surface area contributed by atoms with Crippen molar-refractivity contribution in [1.82, 2.24) is 9.13 Å². The van der Waals surface area contributed by atoms with Crippen molar-refractivity contribution < 1.29 is 13.6 Å². The summed E-state index contributed by atoms with van der Waals surface area (Å²) >= 11 is 7.05. The minimum atomic E-state index is -0.750. The molecule has 31 heavy (non-hydrogen) atoms. The van der Waals surface area contributed by atoms with Crippen molar-refractivity contribution in [2.24, 2.45) is 0 Å². The predicted molar refractivity (Wildman–Crippen MR) is 116 cm³/mol. The van der Waals surface area contributed by atoms with Crippen LogP contribution in [0.2, 0.25) is 5.02 Å². The van der Waals surface area contributed by atoms with E-state index in [0.717, 1.165) is 32.6 Å². The number of fused-ring (bicyclic) bond motifs is 1. The van der Waals surface area contributed by atoms with E-state index in [1.165, 1.54) is 24.3 Å². The van der Waals surface area contributed by atoms with Gasteiger partial charge in [0.2, 0.25) is 5.91 Å². The van der Waals surface area contributed by atoms with Crippen LogP contribution in [0.3, 0.4) is 0 Å². The Bertz CT molecular complexity index is 1430. The van der Waals surface area contributed by atoms with Crippen LogP contribution in [0.15, 0.2) is 63.5 Å². The maximum atomic E-state index is 14.1. The zero-order valence-electron chi connectivity index (χ0n) is 15.8. The zero-order valence-corrected chi connectivity index (χ0v) is 17.3. The van der Waals surface area contributed by atoms with Crippen LogP contribution in [-0.2, 0) is 17.9 Å². The van der Waals surface area contributed by atoms with Gasteiger partial charge in [0, 0.05) is 5.56 Å². The van der Waals surface area contributed by atoms with E-state index in [9.17, 15) is 23.2 Å². The molecule has 2 aromatic carbocycles. The predicted octanol–water partition coefficient (Wildman–Crippen LogP) is 3.84. The Hall–Kier alpha value is -3.30. The molecule has 6 nitrogen and oxygen atoms in total. The normalized spacial score (nSPS) is 11.1. The lowest BCUT2D eigenvalue weighted by atomic mass is 10.2. The van der Waals surface area contributed by atoms with Crippen molar-refractivity contribution in [3.63, 3.8) is 0 Å². The van der Waals surface area contributed by atoms with Crippen LogP contribution in [0.5, 0.6) is 0 Å². The Morgan fingerprint density at radius 2 is 1.84 bits per heavy atom. The minimum Gasteiger partial charge on any atom is -0.323 e. The molecule has 2 heterocycles. The number of hydrogen-bond donors (Lipinski definition) is 1. The highest BCUT2D eigenvalue weighted by Crippen LogP contribution is 2.22. The SMILES string of the molecule is O=C(Cn1c(=O)n(Cc2ccccc2F)c(=O)c2sccc21)Nc1ccc(F)cc1Cl. The number of anilines is 1. The molecule has 0 aliphatic rings. The summed E-state index contributed by atoms with van der Waals surface area (Å²) < 4.78 is 29.6. The van der Waals surface area contributed by atoms with Crippen molar-refractivity contribution in [3.8, 4) is 0 Å². The van der Waals surface area contributed by atoms with E-state index < -0.39 is 35.3 Å². The molecule has 0 radical (unpaired) electrons. The fourth-order valence-corrected chi connectivity index (χ4v) is 4.20. The van der Waals surface area contributed by atoms with Gasteiger partial charge in [-0.15, -0.1) is 11.3 Å². The largest absolute Gasteiger partial charge is 0.332 e. The number of hydrogen-bond acceptors (Lipinski definition) is 4. The number of carbonyl (C=O) groups is 1. The highest BCUT2D eigenvalue weighted by molar-refractivity contribution is 7.17. The summed E-state index contributed by atoms with van der Waals surface area (Å²) in [6.45, 7) is -0.694. The first-order chi connectivity index (χ1) is 14.8. The number of aromatic nitrogens is 2. The summed E-state index contributed by atoms with van der Waals surface area (Å²) in [6, 6.07) is 10.9. The molecule has 0 atom stereocenters. The van der Waals surface area contributed by atoms with Crippen molar-refractivity contribution in [1.29, 1.82) is 0 Å². The number of rotatable bonds is 5. The average Bonchev–Trinajstić information content (AvgIpc) is 3.22. The van der Waals surface area contributed by atoms with Gasteiger partial charge < -0.3 is 5.32 Å². The fraction of sp³-hybridized carbons (Fsp3) is 0.0952. The van der Waals surface area contributed by atoms with Gasteiger partial charge in [0.1, 0.15) is 22.9 Å². The van der Waals surface area contributed by atoms with Gasteiger partial charge in [-0.2, -0.15) is 0 Å². The van der Waals surface area contributed by atoms with Crippen LogP contribution in [0, 0.1) is 11.6 Å². The third-order valence-corrected chi connectivity index (χ3v) is 5.83. The molecule has 1 amide bonds. The smallest absolute Gasteiger partial charge is 0.323 e. The van der Waals surface area contributed by atoms with Crippen LogP contribution in [0.4, 0.5) is 14.5 Å². The summed E-state index contributed by atoms with van der Waals surface area (Å²) in [5, 5.41) is 4.16. The van der Waals surface area contributed by atoms with Gasteiger partial charge in [-0.3, -0.25) is 18.7 Å². The number of thiophene rings is 1. The van der Waals surface area contributed by atoms with Crippen molar-refractivity contribution in [2.45, 2.75) is 13.1 Å². The topological polar surface area (TPSA) is 73.1 Å². The molecule has 0 spiro atoms. The van der Waals surface area contributed by atoms with Gasteiger partial charge in [0.25, 0.3) is 5.56 Å². The summed E-state index contributed by atoms with van der Waals surface area (Å²) in [7, 11) is 0. The number of carbonyl (C=O) groups excluding carboxylic acids is 1. The molecule has 2 aromatic heterocycles. The van der Waals surface area contributed by atoms with E-state index in [4.69, 9.17) is 11.6 Å². The molecule has 4 rings (SSSR count). The van der Waals surface area contributed by atoms with Gasteiger partial charge in [-0.05, 0) is 35.7 Å². The monoisotopic (exact) mass is 461 g/mol. The lowest BCUT2D eigenvalue weighted by Gasteiger charge is -2.13. The first-order valence-corrected chi connectivity index (χ1v) is 10.3. The number of halogens is 3. The number of amides is 1. The average molecular weight is 462 g/mol. The van der Waals surface area contributed by atoms with Crippen LogP contribution >= 0.6 is 22.9 Å². The Morgan fingerprint density at radius 3 is 2.58 bits per heavy atom. The van der Waals surface area contributed by atoms with Crippen molar-refractivity contribution >= 4 is 44.7 Å². The Kier molecular flexibility index (Phi) is 5.71. The molecule has 0 fully saturated rings. The fourth-order valence-electron chi connectivity index (χ4n) is 3.15. The molecule has 4 aromatic rings. The second-order valence-corrected chi connectivity index (χ2v) is 7.98. The van der Waals surface area contributed by atoms with Gasteiger partial charge in [-0.25, -0.2) is 13.6 Å². The third-order valence-electron chi connectivity index (χ3n) is 4.63. The summed E-state index contributed by atoms with van der Waals surface area (Å²) in [5.41, 5.74) is -0.657. The molecule has 0 bridgehead atoms. The Labute approximate surface area is 182 Å². The van der Waals surface area contributed by atoms with Crippen LogP contribution in [0.1, 0.15) is 5.56 Å². The molecular weight excluding hydrogens is 448 g/mol. The van der Waals surface area contributed by atoms with Gasteiger partial charge >= 0.3 is 5.69 Å². The van der Waals surface area contributed by atoms with Gasteiger partial charge in [0.15, 0.2) is 0 Å². The molecule has 0 aliphatic carbocycles. The Morgan fingerprint density at radius 1 is 1.06 bits per heavy atom. The zero-order chi connectivity index (χ0) is 22.1. The van der Waals surface area contributed by atoms with Crippen LogP contribution in [-0.4, -0.2) is 15.0 Å². The highest BCUT2D eigenvalue weighted by atomic mass is 35.5. The molecule has 1 N–H and O–H groups in total. The first-order valence-electron chi connectivity index (χ1n) is 9.04. The number of benzene rings is 2. The second-order valence-electron chi connectivity index (χ2n) is 6.66. The molecule has 0 saturated carbocycles. The molecule has 158 valence electrons. The Balaban J connectivity index is 1.73.